The van der Waals surface area contributed by atoms with E-state index in [0.29, 0.717) is 32.1 Å². The minimum absolute atomic E-state index is 0.0212. The van der Waals surface area contributed by atoms with Crippen molar-refractivity contribution in [1.82, 2.24) is 9.80 Å². The largest absolute Gasteiger partial charge is 0.366 e. The van der Waals surface area contributed by atoms with E-state index in [4.69, 9.17) is 4.74 Å². The third kappa shape index (κ3) is 4.26. The van der Waals surface area contributed by atoms with Gasteiger partial charge in [0.05, 0.1) is 12.6 Å². The number of ether oxygens (including phenoxy) is 1. The number of hydrogen-bond acceptors (Lipinski definition) is 3. The fourth-order valence-electron chi connectivity index (χ4n) is 3.89. The topological polar surface area (TPSA) is 49.9 Å². The van der Waals surface area contributed by atoms with Crippen molar-refractivity contribution in [1.29, 1.82) is 0 Å². The van der Waals surface area contributed by atoms with Crippen molar-refractivity contribution in [3.05, 3.63) is 35.9 Å². The van der Waals surface area contributed by atoms with Crippen LogP contribution in [-0.4, -0.2) is 53.9 Å². The van der Waals surface area contributed by atoms with Gasteiger partial charge < -0.3 is 14.5 Å². The molecule has 0 aliphatic carbocycles. The van der Waals surface area contributed by atoms with Gasteiger partial charge in [0.25, 0.3) is 0 Å². The fraction of sp³-hybridized carbons (Fsp3) is 0.619. The molecule has 2 heterocycles. The summed E-state index contributed by atoms with van der Waals surface area (Å²) in [6.07, 6.45) is 1.50. The van der Waals surface area contributed by atoms with E-state index in [2.05, 4.69) is 26.0 Å². The zero-order valence-electron chi connectivity index (χ0n) is 16.1. The van der Waals surface area contributed by atoms with Crippen molar-refractivity contribution in [2.75, 3.05) is 26.2 Å². The highest BCUT2D eigenvalue weighted by Crippen LogP contribution is 2.30. The van der Waals surface area contributed by atoms with Crippen LogP contribution in [0.4, 0.5) is 0 Å². The van der Waals surface area contributed by atoms with Gasteiger partial charge in [0.1, 0.15) is 6.10 Å². The molecule has 2 aliphatic rings. The predicted octanol–water partition coefficient (Wildman–Crippen LogP) is 2.87. The highest BCUT2D eigenvalue weighted by molar-refractivity contribution is 5.80. The fourth-order valence-corrected chi connectivity index (χ4v) is 3.89. The van der Waals surface area contributed by atoms with Gasteiger partial charge in [-0.1, -0.05) is 44.2 Å². The summed E-state index contributed by atoms with van der Waals surface area (Å²) in [6.45, 7) is 8.53. The molecule has 0 saturated carbocycles. The number of hydrogen-bond donors (Lipinski definition) is 0. The number of morpholine rings is 1. The summed E-state index contributed by atoms with van der Waals surface area (Å²) in [7, 11) is 0. The maximum Gasteiger partial charge on any atom is 0.226 e. The van der Waals surface area contributed by atoms with Crippen molar-refractivity contribution in [2.24, 2.45) is 11.8 Å². The lowest BCUT2D eigenvalue weighted by molar-refractivity contribution is -0.156. The van der Waals surface area contributed by atoms with Gasteiger partial charge in [0, 0.05) is 32.5 Å². The Morgan fingerprint density at radius 3 is 2.27 bits per heavy atom. The van der Waals surface area contributed by atoms with Crippen LogP contribution in [0.3, 0.4) is 0 Å². The molecule has 142 valence electrons. The van der Waals surface area contributed by atoms with E-state index in [1.807, 2.05) is 28.0 Å². The molecule has 1 aromatic carbocycles. The van der Waals surface area contributed by atoms with E-state index in [1.54, 1.807) is 6.92 Å². The molecule has 3 rings (SSSR count). The Hall–Kier alpha value is -1.88. The predicted molar refractivity (Wildman–Crippen MR) is 100 cm³/mol. The van der Waals surface area contributed by atoms with Gasteiger partial charge in [0.2, 0.25) is 11.8 Å². The van der Waals surface area contributed by atoms with Gasteiger partial charge in [-0.3, -0.25) is 9.59 Å². The molecular weight excluding hydrogens is 328 g/mol. The van der Waals surface area contributed by atoms with Crippen LogP contribution in [0.25, 0.3) is 0 Å². The summed E-state index contributed by atoms with van der Waals surface area (Å²) in [6, 6.07) is 10.2. The van der Waals surface area contributed by atoms with Crippen LogP contribution in [0.5, 0.6) is 0 Å². The summed E-state index contributed by atoms with van der Waals surface area (Å²) in [4.78, 5) is 28.5. The molecule has 0 radical (unpaired) electrons. The quantitative estimate of drug-likeness (QED) is 0.835. The summed E-state index contributed by atoms with van der Waals surface area (Å²) < 4.78 is 6.30. The second kappa shape index (κ2) is 8.21. The molecule has 1 aromatic rings. The molecule has 2 atom stereocenters. The van der Waals surface area contributed by atoms with Crippen LogP contribution < -0.4 is 0 Å². The number of nitrogens with zero attached hydrogens (tertiary/aromatic N) is 2. The van der Waals surface area contributed by atoms with Crippen molar-refractivity contribution >= 4 is 11.8 Å². The minimum Gasteiger partial charge on any atom is -0.366 e. The lowest BCUT2D eigenvalue weighted by Crippen LogP contribution is -2.52. The number of rotatable bonds is 3. The molecule has 5 nitrogen and oxygen atoms in total. The molecule has 0 N–H and O–H groups in total. The third-order valence-electron chi connectivity index (χ3n) is 5.64. The maximum atomic E-state index is 13.1. The Kier molecular flexibility index (Phi) is 5.97. The number of amides is 2. The lowest BCUT2D eigenvalue weighted by Gasteiger charge is -2.42. The first-order chi connectivity index (χ1) is 12.5. The Bertz CT molecular complexity index is 623. The van der Waals surface area contributed by atoms with Gasteiger partial charge in [-0.25, -0.2) is 0 Å². The third-order valence-corrected chi connectivity index (χ3v) is 5.64. The number of carbonyl (C=O) groups excluding carboxylic acids is 2. The molecule has 5 heteroatoms. The smallest absolute Gasteiger partial charge is 0.226 e. The first kappa shape index (κ1) is 18.9. The zero-order valence-corrected chi connectivity index (χ0v) is 16.1. The molecule has 0 bridgehead atoms. The van der Waals surface area contributed by atoms with Crippen LogP contribution >= 0.6 is 0 Å². The Morgan fingerprint density at radius 2 is 1.69 bits per heavy atom. The summed E-state index contributed by atoms with van der Waals surface area (Å²) >= 11 is 0. The van der Waals surface area contributed by atoms with Gasteiger partial charge in [-0.05, 0) is 24.3 Å². The van der Waals surface area contributed by atoms with Crippen LogP contribution in [0.2, 0.25) is 0 Å². The number of likely N-dealkylation sites (tertiary alicyclic amines) is 1. The van der Waals surface area contributed by atoms with Crippen LogP contribution in [0, 0.1) is 11.8 Å². The molecule has 0 aromatic heterocycles. The number of piperidine rings is 1. The zero-order chi connectivity index (χ0) is 18.7. The molecule has 2 aliphatic heterocycles. The number of carbonyl (C=O) groups is 2. The van der Waals surface area contributed by atoms with E-state index < -0.39 is 0 Å². The van der Waals surface area contributed by atoms with E-state index in [-0.39, 0.29) is 29.9 Å². The molecular formula is C21H30N2O3. The minimum atomic E-state index is -0.0707. The van der Waals surface area contributed by atoms with Gasteiger partial charge in [0.15, 0.2) is 0 Å². The van der Waals surface area contributed by atoms with Crippen LogP contribution in [0.15, 0.2) is 30.3 Å². The summed E-state index contributed by atoms with van der Waals surface area (Å²) in [5.74, 6) is 0.707. The first-order valence-electron chi connectivity index (χ1n) is 9.70. The monoisotopic (exact) mass is 358 g/mol. The van der Waals surface area contributed by atoms with Crippen molar-refractivity contribution in [2.45, 2.75) is 45.8 Å². The number of benzene rings is 1. The second-order valence-corrected chi connectivity index (χ2v) is 7.84. The average Bonchev–Trinajstić information content (AvgIpc) is 2.67. The van der Waals surface area contributed by atoms with Crippen molar-refractivity contribution in [3.63, 3.8) is 0 Å². The summed E-state index contributed by atoms with van der Waals surface area (Å²) in [5, 5.41) is 0. The van der Waals surface area contributed by atoms with Crippen molar-refractivity contribution in [3.8, 4) is 0 Å². The Labute approximate surface area is 156 Å². The second-order valence-electron chi connectivity index (χ2n) is 7.84. The van der Waals surface area contributed by atoms with Crippen LogP contribution in [-0.2, 0) is 14.3 Å². The van der Waals surface area contributed by atoms with E-state index >= 15 is 0 Å². The Morgan fingerprint density at radius 1 is 1.04 bits per heavy atom. The molecule has 2 fully saturated rings. The van der Waals surface area contributed by atoms with E-state index in [0.717, 1.165) is 18.4 Å². The maximum absolute atomic E-state index is 13.1. The van der Waals surface area contributed by atoms with E-state index in [1.165, 1.54) is 0 Å². The summed E-state index contributed by atoms with van der Waals surface area (Å²) in [5.41, 5.74) is 1.13. The van der Waals surface area contributed by atoms with Gasteiger partial charge in [-0.2, -0.15) is 0 Å². The SMILES string of the molecule is CC(=O)N1CCC(C(=O)N2C[C@@H](c3ccccc3)O[C@@H](C(C)C)C2)CC1. The highest BCUT2D eigenvalue weighted by atomic mass is 16.5. The molecule has 26 heavy (non-hydrogen) atoms. The standard InChI is InChI=1S/C21H30N2O3/c1-15(2)19-13-23(14-20(26-19)17-7-5-4-6-8-17)21(25)18-9-11-22(12-10-18)16(3)24/h4-8,15,18-20H,9-14H2,1-3H3/t19-,20+/m1/s1. The lowest BCUT2D eigenvalue weighted by atomic mass is 9.93. The van der Waals surface area contributed by atoms with Crippen molar-refractivity contribution < 1.29 is 14.3 Å². The van der Waals surface area contributed by atoms with Gasteiger partial charge >= 0.3 is 0 Å². The average molecular weight is 358 g/mol. The molecule has 2 saturated heterocycles. The van der Waals surface area contributed by atoms with E-state index in [9.17, 15) is 9.59 Å². The van der Waals surface area contributed by atoms with Crippen LogP contribution in [0.1, 0.15) is 45.3 Å². The molecule has 0 spiro atoms. The highest BCUT2D eigenvalue weighted by Gasteiger charge is 2.36. The van der Waals surface area contributed by atoms with Gasteiger partial charge in [-0.15, -0.1) is 0 Å². The molecule has 2 amide bonds. The molecule has 0 unspecified atom stereocenters. The Balaban J connectivity index is 1.69. The normalized spacial score (nSPS) is 24.8. The first-order valence-corrected chi connectivity index (χ1v) is 9.70.